The van der Waals surface area contributed by atoms with Gasteiger partial charge in [-0.2, -0.15) is 0 Å². The zero-order valence-corrected chi connectivity index (χ0v) is 13.7. The van der Waals surface area contributed by atoms with Crippen LogP contribution in [0.2, 0.25) is 0 Å². The number of nitrogens with zero attached hydrogens (tertiary/aromatic N) is 1. The number of nitrogens with one attached hydrogen (secondary N) is 2. The van der Waals surface area contributed by atoms with E-state index in [0.29, 0.717) is 16.3 Å². The summed E-state index contributed by atoms with van der Waals surface area (Å²) in [5, 5.41) is 7.55. The number of para-hydroxylation sites is 2. The molecule has 0 unspecified atom stereocenters. The molecule has 0 aliphatic carbocycles. The van der Waals surface area contributed by atoms with E-state index in [0.717, 1.165) is 5.56 Å². The Balaban J connectivity index is 2.13. The molecule has 0 bridgehead atoms. The van der Waals surface area contributed by atoms with Crippen molar-refractivity contribution in [3.63, 3.8) is 0 Å². The normalized spacial score (nSPS) is 10.5. The van der Waals surface area contributed by atoms with Gasteiger partial charge in [0.05, 0.1) is 22.8 Å². The lowest BCUT2D eigenvalue weighted by atomic mass is 10.2. The van der Waals surface area contributed by atoms with Gasteiger partial charge in [-0.3, -0.25) is 9.59 Å². The van der Waals surface area contributed by atoms with E-state index in [2.05, 4.69) is 10.6 Å². The number of rotatable bonds is 5. The van der Waals surface area contributed by atoms with Crippen LogP contribution in [0.5, 0.6) is 0 Å². The summed E-state index contributed by atoms with van der Waals surface area (Å²) in [6.45, 7) is 2.18. The van der Waals surface area contributed by atoms with Gasteiger partial charge in [0.2, 0.25) is 5.91 Å². The molecule has 6 heteroatoms. The molecule has 0 atom stereocenters. The van der Waals surface area contributed by atoms with Gasteiger partial charge in [-0.25, -0.2) is 0 Å². The average molecular weight is 317 g/mol. The number of benzene rings is 1. The monoisotopic (exact) mass is 317 g/mol. The average Bonchev–Trinajstić information content (AvgIpc) is 2.86. The summed E-state index contributed by atoms with van der Waals surface area (Å²) >= 11 is 1.40. The van der Waals surface area contributed by atoms with Gasteiger partial charge in [-0.15, -0.1) is 11.3 Å². The van der Waals surface area contributed by atoms with Crippen molar-refractivity contribution in [1.82, 2.24) is 4.90 Å². The minimum atomic E-state index is -0.165. The Morgan fingerprint density at radius 1 is 1.09 bits per heavy atom. The second kappa shape index (κ2) is 7.20. The predicted molar refractivity (Wildman–Crippen MR) is 90.6 cm³/mol. The minimum absolute atomic E-state index is 0.126. The van der Waals surface area contributed by atoms with Crippen LogP contribution in [0.25, 0.3) is 0 Å². The molecule has 2 aromatic rings. The van der Waals surface area contributed by atoms with Crippen molar-refractivity contribution in [2.45, 2.75) is 6.92 Å². The van der Waals surface area contributed by atoms with E-state index in [4.69, 9.17) is 0 Å². The molecule has 1 aromatic carbocycles. The van der Waals surface area contributed by atoms with Crippen LogP contribution in [0.3, 0.4) is 0 Å². The third-order valence-electron chi connectivity index (χ3n) is 2.98. The van der Waals surface area contributed by atoms with E-state index < -0.39 is 0 Å². The molecule has 0 saturated heterocycles. The van der Waals surface area contributed by atoms with Crippen molar-refractivity contribution in [3.05, 3.63) is 46.2 Å². The van der Waals surface area contributed by atoms with Crippen molar-refractivity contribution < 1.29 is 9.59 Å². The summed E-state index contributed by atoms with van der Waals surface area (Å²) in [5.41, 5.74) is 2.13. The fourth-order valence-electron chi connectivity index (χ4n) is 1.96. The summed E-state index contributed by atoms with van der Waals surface area (Å²) in [4.78, 5) is 26.6. The Morgan fingerprint density at radius 3 is 2.27 bits per heavy atom. The molecule has 2 amide bonds. The van der Waals surface area contributed by atoms with Crippen LogP contribution >= 0.6 is 11.3 Å². The van der Waals surface area contributed by atoms with Crippen molar-refractivity contribution in [1.29, 1.82) is 0 Å². The SMILES string of the molecule is Cc1ccsc1C(=O)Nc1ccccc1NC(=O)CN(C)C. The third kappa shape index (κ3) is 4.16. The third-order valence-corrected chi connectivity index (χ3v) is 3.99. The van der Waals surface area contributed by atoms with Crippen molar-refractivity contribution in [2.75, 3.05) is 31.3 Å². The summed E-state index contributed by atoms with van der Waals surface area (Å²) in [6.07, 6.45) is 0. The summed E-state index contributed by atoms with van der Waals surface area (Å²) < 4.78 is 0. The second-order valence-corrected chi connectivity index (χ2v) is 6.13. The van der Waals surface area contributed by atoms with Crippen LogP contribution in [-0.4, -0.2) is 37.4 Å². The molecule has 0 aliphatic rings. The largest absolute Gasteiger partial charge is 0.323 e. The number of likely N-dealkylation sites (N-methyl/N-ethyl adjacent to an activating group) is 1. The van der Waals surface area contributed by atoms with E-state index in [1.165, 1.54) is 11.3 Å². The molecule has 116 valence electrons. The zero-order valence-electron chi connectivity index (χ0n) is 12.8. The number of aryl methyl sites for hydroxylation is 1. The Kier molecular flexibility index (Phi) is 5.30. The van der Waals surface area contributed by atoms with Crippen LogP contribution in [0.15, 0.2) is 35.7 Å². The Labute approximate surface area is 134 Å². The molecular formula is C16H19N3O2S. The number of hydrogen-bond acceptors (Lipinski definition) is 4. The van der Waals surface area contributed by atoms with Gasteiger partial charge in [0.1, 0.15) is 0 Å². The first-order chi connectivity index (χ1) is 10.5. The number of amides is 2. The zero-order chi connectivity index (χ0) is 16.1. The Morgan fingerprint density at radius 2 is 1.73 bits per heavy atom. The molecule has 0 aliphatic heterocycles. The Hall–Kier alpha value is -2.18. The molecule has 5 nitrogen and oxygen atoms in total. The molecule has 1 aromatic heterocycles. The quantitative estimate of drug-likeness (QED) is 0.891. The number of hydrogen-bond donors (Lipinski definition) is 2. The number of carbonyl (C=O) groups is 2. The van der Waals surface area contributed by atoms with Crippen LogP contribution in [-0.2, 0) is 4.79 Å². The van der Waals surface area contributed by atoms with Crippen LogP contribution in [0.1, 0.15) is 15.2 Å². The van der Waals surface area contributed by atoms with Crippen LogP contribution in [0.4, 0.5) is 11.4 Å². The second-order valence-electron chi connectivity index (χ2n) is 5.22. The molecule has 1 heterocycles. The highest BCUT2D eigenvalue weighted by atomic mass is 32.1. The number of carbonyl (C=O) groups excluding carboxylic acids is 2. The van der Waals surface area contributed by atoms with Gasteiger partial charge in [0, 0.05) is 0 Å². The number of thiophene rings is 1. The molecule has 2 rings (SSSR count). The van der Waals surface area contributed by atoms with Crippen molar-refractivity contribution in [3.8, 4) is 0 Å². The predicted octanol–water partition coefficient (Wildman–Crippen LogP) is 2.81. The lowest BCUT2D eigenvalue weighted by molar-refractivity contribution is -0.116. The Bertz CT molecular complexity index is 680. The minimum Gasteiger partial charge on any atom is -0.323 e. The number of anilines is 2. The van der Waals surface area contributed by atoms with Gasteiger partial charge < -0.3 is 15.5 Å². The maximum Gasteiger partial charge on any atom is 0.266 e. The standard InChI is InChI=1S/C16H19N3O2S/c1-11-8-9-22-15(11)16(21)18-13-7-5-4-6-12(13)17-14(20)10-19(2)3/h4-9H,10H2,1-3H3,(H,17,20)(H,18,21). The van der Waals surface area contributed by atoms with E-state index in [-0.39, 0.29) is 18.4 Å². The fourth-order valence-corrected chi connectivity index (χ4v) is 2.78. The first kappa shape index (κ1) is 16.2. The highest BCUT2D eigenvalue weighted by molar-refractivity contribution is 7.12. The fraction of sp³-hybridized carbons (Fsp3) is 0.250. The first-order valence-electron chi connectivity index (χ1n) is 6.86. The van der Waals surface area contributed by atoms with Gasteiger partial charge in [-0.05, 0) is 50.2 Å². The van der Waals surface area contributed by atoms with Crippen LogP contribution < -0.4 is 10.6 Å². The maximum atomic E-state index is 12.3. The molecule has 2 N–H and O–H groups in total. The highest BCUT2D eigenvalue weighted by Crippen LogP contribution is 2.23. The van der Waals surface area contributed by atoms with Gasteiger partial charge in [0.15, 0.2) is 0 Å². The summed E-state index contributed by atoms with van der Waals surface area (Å²) in [7, 11) is 3.65. The van der Waals surface area contributed by atoms with E-state index in [9.17, 15) is 9.59 Å². The van der Waals surface area contributed by atoms with Crippen LogP contribution in [0, 0.1) is 6.92 Å². The van der Waals surface area contributed by atoms with Gasteiger partial charge >= 0.3 is 0 Å². The lowest BCUT2D eigenvalue weighted by Crippen LogP contribution is -2.27. The molecular weight excluding hydrogens is 298 g/mol. The molecule has 0 saturated carbocycles. The van der Waals surface area contributed by atoms with Gasteiger partial charge in [-0.1, -0.05) is 12.1 Å². The van der Waals surface area contributed by atoms with Crippen molar-refractivity contribution in [2.24, 2.45) is 0 Å². The first-order valence-corrected chi connectivity index (χ1v) is 7.74. The van der Waals surface area contributed by atoms with E-state index >= 15 is 0 Å². The topological polar surface area (TPSA) is 61.4 Å². The van der Waals surface area contributed by atoms with Gasteiger partial charge in [0.25, 0.3) is 5.91 Å². The van der Waals surface area contributed by atoms with Crippen molar-refractivity contribution >= 4 is 34.5 Å². The van der Waals surface area contributed by atoms with E-state index in [1.807, 2.05) is 44.6 Å². The molecule has 0 spiro atoms. The molecule has 0 fully saturated rings. The molecule has 0 radical (unpaired) electrons. The highest BCUT2D eigenvalue weighted by Gasteiger charge is 2.13. The molecule has 22 heavy (non-hydrogen) atoms. The maximum absolute atomic E-state index is 12.3. The summed E-state index contributed by atoms with van der Waals surface area (Å²) in [6, 6.07) is 9.08. The summed E-state index contributed by atoms with van der Waals surface area (Å²) in [5.74, 6) is -0.291. The lowest BCUT2D eigenvalue weighted by Gasteiger charge is -2.14. The van der Waals surface area contributed by atoms with E-state index in [1.54, 1.807) is 17.0 Å². The smallest absolute Gasteiger partial charge is 0.266 e.